The van der Waals surface area contributed by atoms with Crippen LogP contribution in [0, 0.1) is 0 Å². The van der Waals surface area contributed by atoms with Crippen LogP contribution in [0.15, 0.2) is 12.1 Å². The van der Waals surface area contributed by atoms with E-state index >= 15 is 0 Å². The first-order chi connectivity index (χ1) is 5.68. The molecule has 4 heteroatoms. The molecule has 0 aliphatic carbocycles. The summed E-state index contributed by atoms with van der Waals surface area (Å²) in [6.45, 7) is 0.509. The zero-order valence-electron chi connectivity index (χ0n) is 6.38. The lowest BCUT2D eigenvalue weighted by molar-refractivity contribution is 0.333. The lowest BCUT2D eigenvalue weighted by Crippen LogP contribution is -2.10. The van der Waals surface area contributed by atoms with E-state index in [1.54, 1.807) is 12.1 Å². The third-order valence-corrected chi connectivity index (χ3v) is 2.27. The molecule has 4 N–H and O–H groups in total. The Hall–Kier alpha value is -0.930. The summed E-state index contributed by atoms with van der Waals surface area (Å²) in [4.78, 5) is 0. The molecule has 1 heterocycles. The van der Waals surface area contributed by atoms with Crippen molar-refractivity contribution in [1.82, 2.24) is 0 Å². The van der Waals surface area contributed by atoms with Gasteiger partial charge in [0.2, 0.25) is 0 Å². The fraction of sp³-hybridized carbons (Fsp3) is 0.250. The van der Waals surface area contributed by atoms with Crippen molar-refractivity contribution in [3.05, 3.63) is 22.7 Å². The van der Waals surface area contributed by atoms with Gasteiger partial charge in [0.25, 0.3) is 0 Å². The molecule has 0 fully saturated rings. The second-order valence-electron chi connectivity index (χ2n) is 2.83. The number of rotatable bonds is 0. The molecule has 1 aromatic carbocycles. The van der Waals surface area contributed by atoms with Crippen LogP contribution in [0.5, 0.6) is 5.75 Å². The van der Waals surface area contributed by atoms with Crippen LogP contribution in [0.4, 0.5) is 5.69 Å². The predicted molar refractivity (Wildman–Crippen MR) is 48.3 cm³/mol. The second-order valence-corrected chi connectivity index (χ2v) is 3.24. The molecule has 0 radical (unpaired) electrons. The number of nitrogens with two attached hydrogens (primary N) is 2. The number of halogens is 1. The highest BCUT2D eigenvalue weighted by molar-refractivity contribution is 6.33. The van der Waals surface area contributed by atoms with E-state index in [4.69, 9.17) is 27.8 Å². The van der Waals surface area contributed by atoms with Gasteiger partial charge in [0.15, 0.2) is 0 Å². The second kappa shape index (κ2) is 2.54. The summed E-state index contributed by atoms with van der Waals surface area (Å²) in [6, 6.07) is 3.41. The van der Waals surface area contributed by atoms with Crippen molar-refractivity contribution >= 4 is 17.3 Å². The van der Waals surface area contributed by atoms with Gasteiger partial charge in [-0.3, -0.25) is 0 Å². The Bertz CT molecular complexity index is 327. The molecule has 0 bridgehead atoms. The van der Waals surface area contributed by atoms with Crippen LogP contribution in [0.3, 0.4) is 0 Å². The smallest absolute Gasteiger partial charge is 0.126 e. The molecule has 3 nitrogen and oxygen atoms in total. The molecule has 1 atom stereocenters. The minimum atomic E-state index is -0.0712. The van der Waals surface area contributed by atoms with Gasteiger partial charge >= 0.3 is 0 Å². The zero-order valence-corrected chi connectivity index (χ0v) is 7.14. The highest BCUT2D eigenvalue weighted by Crippen LogP contribution is 2.36. The van der Waals surface area contributed by atoms with Crippen molar-refractivity contribution in [1.29, 1.82) is 0 Å². The number of fused-ring (bicyclic) bond motifs is 1. The van der Waals surface area contributed by atoms with E-state index in [0.29, 0.717) is 17.3 Å². The SMILES string of the molecule is Nc1cc2c(cc1Cl)[C@@H](N)CO2. The van der Waals surface area contributed by atoms with Crippen molar-refractivity contribution in [3.8, 4) is 5.75 Å². The molecular formula is C8H9ClN2O. The molecule has 64 valence electrons. The van der Waals surface area contributed by atoms with E-state index < -0.39 is 0 Å². The summed E-state index contributed by atoms with van der Waals surface area (Å²) in [6.07, 6.45) is 0. The van der Waals surface area contributed by atoms with Crippen molar-refractivity contribution in [2.75, 3.05) is 12.3 Å². The molecule has 1 aliphatic rings. The molecule has 12 heavy (non-hydrogen) atoms. The van der Waals surface area contributed by atoms with Gasteiger partial charge < -0.3 is 16.2 Å². The van der Waals surface area contributed by atoms with Gasteiger partial charge in [-0.05, 0) is 6.07 Å². The Kier molecular flexibility index (Phi) is 1.63. The molecule has 1 aromatic rings. The van der Waals surface area contributed by atoms with Crippen LogP contribution in [0.1, 0.15) is 11.6 Å². The molecule has 0 saturated carbocycles. The van der Waals surface area contributed by atoms with Gasteiger partial charge in [-0.1, -0.05) is 11.6 Å². The van der Waals surface area contributed by atoms with Gasteiger partial charge in [-0.25, -0.2) is 0 Å². The van der Waals surface area contributed by atoms with Crippen LogP contribution >= 0.6 is 11.6 Å². The Morgan fingerprint density at radius 1 is 1.50 bits per heavy atom. The number of hydrogen-bond acceptors (Lipinski definition) is 3. The first-order valence-electron chi connectivity index (χ1n) is 3.66. The monoisotopic (exact) mass is 184 g/mol. The quantitative estimate of drug-likeness (QED) is 0.598. The highest BCUT2D eigenvalue weighted by Gasteiger charge is 2.21. The number of nitrogen functional groups attached to an aromatic ring is 1. The first kappa shape index (κ1) is 7.71. The highest BCUT2D eigenvalue weighted by atomic mass is 35.5. The average Bonchev–Trinajstić information content (AvgIpc) is 2.35. The van der Waals surface area contributed by atoms with Crippen LogP contribution in [0.2, 0.25) is 5.02 Å². The van der Waals surface area contributed by atoms with Crippen LogP contribution < -0.4 is 16.2 Å². The Morgan fingerprint density at radius 3 is 3.00 bits per heavy atom. The molecule has 0 aromatic heterocycles. The van der Waals surface area contributed by atoms with Crippen LogP contribution in [-0.4, -0.2) is 6.61 Å². The number of benzene rings is 1. The van der Waals surface area contributed by atoms with E-state index in [1.807, 2.05) is 0 Å². The standard InChI is InChI=1S/C8H9ClN2O/c9-5-1-4-7(11)3-12-8(4)2-6(5)10/h1-2,7H,3,10-11H2/t7-/m0/s1. The average molecular weight is 185 g/mol. The maximum atomic E-state index is 5.82. The Morgan fingerprint density at radius 2 is 2.25 bits per heavy atom. The minimum Gasteiger partial charge on any atom is -0.491 e. The van der Waals surface area contributed by atoms with Crippen molar-refractivity contribution in [3.63, 3.8) is 0 Å². The largest absolute Gasteiger partial charge is 0.491 e. The van der Waals surface area contributed by atoms with Crippen LogP contribution in [0.25, 0.3) is 0 Å². The van der Waals surface area contributed by atoms with Gasteiger partial charge in [0, 0.05) is 11.6 Å². The van der Waals surface area contributed by atoms with Gasteiger partial charge in [-0.2, -0.15) is 0 Å². The molecule has 2 rings (SSSR count). The summed E-state index contributed by atoms with van der Waals surface area (Å²) >= 11 is 5.82. The van der Waals surface area contributed by atoms with E-state index in [1.165, 1.54) is 0 Å². The summed E-state index contributed by atoms with van der Waals surface area (Å²) in [7, 11) is 0. The first-order valence-corrected chi connectivity index (χ1v) is 4.03. The van der Waals surface area contributed by atoms with Gasteiger partial charge in [0.05, 0.1) is 16.8 Å². The summed E-state index contributed by atoms with van der Waals surface area (Å²) in [5.41, 5.74) is 12.8. The normalized spacial score (nSPS) is 20.3. The minimum absolute atomic E-state index is 0.0712. The number of ether oxygens (including phenoxy) is 1. The number of anilines is 1. The molecule has 0 saturated heterocycles. The molecule has 0 amide bonds. The van der Waals surface area contributed by atoms with Crippen molar-refractivity contribution in [2.24, 2.45) is 5.73 Å². The van der Waals surface area contributed by atoms with Gasteiger partial charge in [-0.15, -0.1) is 0 Å². The Labute approximate surface area is 75.3 Å². The fourth-order valence-electron chi connectivity index (χ4n) is 1.27. The van der Waals surface area contributed by atoms with Crippen molar-refractivity contribution in [2.45, 2.75) is 6.04 Å². The third-order valence-electron chi connectivity index (χ3n) is 1.95. The molecule has 1 aliphatic heterocycles. The third kappa shape index (κ3) is 1.02. The Balaban J connectivity index is 2.56. The number of hydrogen-bond donors (Lipinski definition) is 2. The summed E-state index contributed by atoms with van der Waals surface area (Å²) < 4.78 is 5.28. The zero-order chi connectivity index (χ0) is 8.72. The molecule has 0 unspecified atom stereocenters. The molecule has 0 spiro atoms. The maximum Gasteiger partial charge on any atom is 0.126 e. The van der Waals surface area contributed by atoms with E-state index in [0.717, 1.165) is 11.3 Å². The van der Waals surface area contributed by atoms with Crippen LogP contribution in [-0.2, 0) is 0 Å². The topological polar surface area (TPSA) is 61.3 Å². The van der Waals surface area contributed by atoms with Crippen molar-refractivity contribution < 1.29 is 4.74 Å². The molecular weight excluding hydrogens is 176 g/mol. The maximum absolute atomic E-state index is 5.82. The van der Waals surface area contributed by atoms with E-state index in [2.05, 4.69) is 0 Å². The van der Waals surface area contributed by atoms with Gasteiger partial charge in [0.1, 0.15) is 12.4 Å². The lowest BCUT2D eigenvalue weighted by Gasteiger charge is -2.03. The summed E-state index contributed by atoms with van der Waals surface area (Å²) in [5.74, 6) is 0.754. The lowest BCUT2D eigenvalue weighted by atomic mass is 10.1. The summed E-state index contributed by atoms with van der Waals surface area (Å²) in [5, 5.41) is 0.537. The fourth-order valence-corrected chi connectivity index (χ4v) is 1.44. The predicted octanol–water partition coefficient (Wildman–Crippen LogP) is 1.31. The van der Waals surface area contributed by atoms with E-state index in [9.17, 15) is 0 Å². The van der Waals surface area contributed by atoms with E-state index in [-0.39, 0.29) is 6.04 Å².